The first-order valence-corrected chi connectivity index (χ1v) is 9.86. The second-order valence-electron chi connectivity index (χ2n) is 5.99. The molecule has 1 aromatic heterocycles. The smallest absolute Gasteiger partial charge is 0.321 e. The van der Waals surface area contributed by atoms with Crippen molar-refractivity contribution < 1.29 is 21.9 Å². The first-order valence-electron chi connectivity index (χ1n) is 8.37. The summed E-state index contributed by atoms with van der Waals surface area (Å²) in [5.74, 6) is -1.79. The third-order valence-corrected chi connectivity index (χ3v) is 5.49. The van der Waals surface area contributed by atoms with Crippen LogP contribution < -0.4 is 14.4 Å². The molecule has 0 amide bonds. The highest BCUT2D eigenvalue weighted by molar-refractivity contribution is 7.89. The van der Waals surface area contributed by atoms with E-state index in [4.69, 9.17) is 4.74 Å². The van der Waals surface area contributed by atoms with Gasteiger partial charge in [0, 0.05) is 13.1 Å². The highest BCUT2D eigenvalue weighted by Gasteiger charge is 2.20. The molecule has 0 saturated carbocycles. The number of aromatic nitrogens is 3. The molecule has 1 aliphatic rings. The second kappa shape index (κ2) is 8.09. The molecule has 1 saturated heterocycles. The first-order chi connectivity index (χ1) is 12.9. The maximum absolute atomic E-state index is 13.3. The monoisotopic (exact) mass is 399 g/mol. The molecule has 146 valence electrons. The van der Waals surface area contributed by atoms with Gasteiger partial charge in [-0.05, 0) is 37.5 Å². The Labute approximate surface area is 155 Å². The molecule has 0 spiro atoms. The van der Waals surface area contributed by atoms with Gasteiger partial charge in [0.2, 0.25) is 16.0 Å². The lowest BCUT2D eigenvalue weighted by molar-refractivity contribution is 0.374. The van der Waals surface area contributed by atoms with Crippen molar-refractivity contribution in [2.24, 2.45) is 0 Å². The van der Waals surface area contributed by atoms with Crippen molar-refractivity contribution in [2.75, 3.05) is 25.1 Å². The van der Waals surface area contributed by atoms with Gasteiger partial charge in [-0.3, -0.25) is 0 Å². The van der Waals surface area contributed by atoms with E-state index in [2.05, 4.69) is 19.7 Å². The summed E-state index contributed by atoms with van der Waals surface area (Å²) in [5.41, 5.74) is 0. The molecule has 2 aromatic rings. The van der Waals surface area contributed by atoms with Crippen molar-refractivity contribution in [3.8, 4) is 6.01 Å². The van der Waals surface area contributed by atoms with Crippen molar-refractivity contribution >= 4 is 16.0 Å². The number of benzene rings is 1. The van der Waals surface area contributed by atoms with E-state index in [1.807, 2.05) is 4.90 Å². The maximum Gasteiger partial charge on any atom is 0.321 e. The van der Waals surface area contributed by atoms with Crippen molar-refractivity contribution in [3.05, 3.63) is 35.7 Å². The van der Waals surface area contributed by atoms with Crippen LogP contribution in [0.1, 0.15) is 25.1 Å². The molecule has 0 aliphatic carbocycles. The lowest BCUT2D eigenvalue weighted by atomic mass is 10.1. The fourth-order valence-electron chi connectivity index (χ4n) is 2.68. The molecule has 2 heterocycles. The average Bonchev–Trinajstić information content (AvgIpc) is 2.69. The number of anilines is 1. The zero-order valence-electron chi connectivity index (χ0n) is 14.7. The van der Waals surface area contributed by atoms with Gasteiger partial charge >= 0.3 is 6.01 Å². The minimum absolute atomic E-state index is 0.0765. The van der Waals surface area contributed by atoms with Gasteiger partial charge in [-0.1, -0.05) is 0 Å². The van der Waals surface area contributed by atoms with Gasteiger partial charge in [-0.15, -0.1) is 0 Å². The van der Waals surface area contributed by atoms with Crippen LogP contribution >= 0.6 is 0 Å². The molecule has 1 fully saturated rings. The van der Waals surface area contributed by atoms with Gasteiger partial charge in [0.25, 0.3) is 0 Å². The molecule has 1 N–H and O–H groups in total. The van der Waals surface area contributed by atoms with Gasteiger partial charge in [0.1, 0.15) is 0 Å². The van der Waals surface area contributed by atoms with Crippen molar-refractivity contribution in [1.82, 2.24) is 19.7 Å². The highest BCUT2D eigenvalue weighted by atomic mass is 32.2. The Morgan fingerprint density at radius 3 is 2.52 bits per heavy atom. The first kappa shape index (κ1) is 19.4. The fraction of sp³-hybridized carbons (Fsp3) is 0.438. The van der Waals surface area contributed by atoms with E-state index >= 15 is 0 Å². The van der Waals surface area contributed by atoms with Crippen LogP contribution in [0, 0.1) is 11.6 Å². The standard InChI is InChI=1S/C16H19F2N5O3S/c1-26-16-21-14(20-15(22-16)23-7-3-2-4-8-23)10-19-27(24,25)11-5-6-12(17)13(18)9-11/h5-6,9,19H,2-4,7-8,10H2,1H3. The highest BCUT2D eigenvalue weighted by Crippen LogP contribution is 2.18. The molecule has 0 unspecified atom stereocenters. The van der Waals surface area contributed by atoms with Crippen LogP contribution in [-0.4, -0.2) is 43.6 Å². The number of methoxy groups -OCH3 is 1. The Morgan fingerprint density at radius 2 is 1.85 bits per heavy atom. The van der Waals surface area contributed by atoms with Gasteiger partial charge in [-0.25, -0.2) is 21.9 Å². The zero-order valence-corrected chi connectivity index (χ0v) is 15.5. The Bertz CT molecular complexity index is 920. The molecule has 11 heteroatoms. The van der Waals surface area contributed by atoms with E-state index in [0.717, 1.165) is 44.5 Å². The molecule has 8 nitrogen and oxygen atoms in total. The molecular weight excluding hydrogens is 380 g/mol. The van der Waals surface area contributed by atoms with E-state index in [1.54, 1.807) is 0 Å². The minimum Gasteiger partial charge on any atom is -0.467 e. The fourth-order valence-corrected chi connectivity index (χ4v) is 3.67. The average molecular weight is 399 g/mol. The third-order valence-electron chi connectivity index (χ3n) is 4.09. The predicted molar refractivity (Wildman–Crippen MR) is 92.8 cm³/mol. The topological polar surface area (TPSA) is 97.3 Å². The molecule has 27 heavy (non-hydrogen) atoms. The molecule has 1 aliphatic heterocycles. The summed E-state index contributed by atoms with van der Waals surface area (Å²) in [6.45, 7) is 1.35. The van der Waals surface area contributed by atoms with Crippen molar-refractivity contribution in [1.29, 1.82) is 0 Å². The van der Waals surface area contributed by atoms with E-state index in [-0.39, 0.29) is 18.4 Å². The van der Waals surface area contributed by atoms with Gasteiger partial charge in [0.15, 0.2) is 17.5 Å². The Morgan fingerprint density at radius 1 is 1.11 bits per heavy atom. The van der Waals surface area contributed by atoms with E-state index < -0.39 is 26.6 Å². The summed E-state index contributed by atoms with van der Waals surface area (Å²) >= 11 is 0. The molecule has 1 aromatic carbocycles. The quantitative estimate of drug-likeness (QED) is 0.788. The van der Waals surface area contributed by atoms with Crippen LogP contribution in [0.3, 0.4) is 0 Å². The number of hydrogen-bond donors (Lipinski definition) is 1. The van der Waals surface area contributed by atoms with E-state index in [1.165, 1.54) is 7.11 Å². The number of halogens is 2. The van der Waals surface area contributed by atoms with Gasteiger partial charge in [0.05, 0.1) is 18.6 Å². The summed E-state index contributed by atoms with van der Waals surface area (Å²) in [7, 11) is -2.66. The molecular formula is C16H19F2N5O3S. The molecule has 3 rings (SSSR count). The van der Waals surface area contributed by atoms with Crippen molar-refractivity contribution in [3.63, 3.8) is 0 Å². The number of piperidine rings is 1. The molecule has 0 radical (unpaired) electrons. The predicted octanol–water partition coefficient (Wildman–Crippen LogP) is 1.63. The Balaban J connectivity index is 1.79. The van der Waals surface area contributed by atoms with E-state index in [0.29, 0.717) is 12.0 Å². The number of hydrogen-bond acceptors (Lipinski definition) is 7. The summed E-state index contributed by atoms with van der Waals surface area (Å²) in [4.78, 5) is 14.1. The second-order valence-corrected chi connectivity index (χ2v) is 7.75. The van der Waals surface area contributed by atoms with Crippen LogP contribution in [0.15, 0.2) is 23.1 Å². The largest absolute Gasteiger partial charge is 0.467 e. The summed E-state index contributed by atoms with van der Waals surface area (Å²) in [6, 6.07) is 2.43. The van der Waals surface area contributed by atoms with Crippen LogP contribution in [0.4, 0.5) is 14.7 Å². The Kier molecular flexibility index (Phi) is 5.80. The van der Waals surface area contributed by atoms with Crippen LogP contribution in [-0.2, 0) is 16.6 Å². The lowest BCUT2D eigenvalue weighted by Crippen LogP contribution is -2.32. The number of nitrogens with one attached hydrogen (secondary N) is 1. The maximum atomic E-state index is 13.3. The number of ether oxygens (including phenoxy) is 1. The van der Waals surface area contributed by atoms with Crippen LogP contribution in [0.25, 0.3) is 0 Å². The number of nitrogens with zero attached hydrogens (tertiary/aromatic N) is 4. The minimum atomic E-state index is -4.07. The SMILES string of the molecule is COc1nc(CNS(=O)(=O)c2ccc(F)c(F)c2)nc(N2CCCCC2)n1. The van der Waals surface area contributed by atoms with E-state index in [9.17, 15) is 17.2 Å². The summed E-state index contributed by atoms with van der Waals surface area (Å²) in [6.07, 6.45) is 3.18. The summed E-state index contributed by atoms with van der Waals surface area (Å²) in [5, 5.41) is 0. The molecule has 0 bridgehead atoms. The summed E-state index contributed by atoms with van der Waals surface area (Å²) < 4.78 is 58.3. The van der Waals surface area contributed by atoms with Crippen molar-refractivity contribution in [2.45, 2.75) is 30.7 Å². The van der Waals surface area contributed by atoms with Gasteiger partial charge in [-0.2, -0.15) is 15.0 Å². The van der Waals surface area contributed by atoms with Crippen LogP contribution in [0.5, 0.6) is 6.01 Å². The lowest BCUT2D eigenvalue weighted by Gasteiger charge is -2.26. The number of sulfonamides is 1. The zero-order chi connectivity index (χ0) is 19.4. The Hall–Kier alpha value is -2.40. The van der Waals surface area contributed by atoms with Crippen LogP contribution in [0.2, 0.25) is 0 Å². The normalized spacial score (nSPS) is 15.0. The van der Waals surface area contributed by atoms with Gasteiger partial charge < -0.3 is 9.64 Å². The third kappa shape index (κ3) is 4.66. The number of rotatable bonds is 6. The molecule has 0 atom stereocenters.